The van der Waals surface area contributed by atoms with Gasteiger partial charge in [-0.1, -0.05) is 18.2 Å². The van der Waals surface area contributed by atoms with Gasteiger partial charge in [-0.15, -0.1) is 0 Å². The third-order valence-corrected chi connectivity index (χ3v) is 2.37. The Bertz CT molecular complexity index is 390. The summed E-state index contributed by atoms with van der Waals surface area (Å²) in [4.78, 5) is 16.2. The lowest BCUT2D eigenvalue weighted by atomic mass is 9.93. The van der Waals surface area contributed by atoms with E-state index in [4.69, 9.17) is 0 Å². The van der Waals surface area contributed by atoms with Crippen molar-refractivity contribution in [3.05, 3.63) is 29.8 Å². The van der Waals surface area contributed by atoms with Gasteiger partial charge in [-0.3, -0.25) is 0 Å². The summed E-state index contributed by atoms with van der Waals surface area (Å²) in [5.74, 6) is 0. The highest BCUT2D eigenvalue weighted by atomic mass is 16.1. The molecule has 1 aromatic carbocycles. The number of hydrogen-bond donors (Lipinski definition) is 0. The van der Waals surface area contributed by atoms with E-state index >= 15 is 0 Å². The molecule has 3 heteroatoms. The molecule has 15 heavy (non-hydrogen) atoms. The number of benzene rings is 1. The van der Waals surface area contributed by atoms with E-state index < -0.39 is 5.54 Å². The SMILES string of the molecule is CN(C)c1ccccc1C(C)(C)N=C=O. The molecule has 0 spiro atoms. The van der Waals surface area contributed by atoms with Crippen LogP contribution >= 0.6 is 0 Å². The molecule has 0 aliphatic heterocycles. The van der Waals surface area contributed by atoms with Crippen LogP contribution in [0, 0.1) is 0 Å². The molecule has 0 atom stereocenters. The predicted octanol–water partition coefficient (Wildman–Crippen LogP) is 2.32. The second kappa shape index (κ2) is 4.28. The Morgan fingerprint density at radius 3 is 2.40 bits per heavy atom. The van der Waals surface area contributed by atoms with Crippen LogP contribution in [0.5, 0.6) is 0 Å². The quantitative estimate of drug-likeness (QED) is 0.559. The Kier molecular flexibility index (Phi) is 3.28. The minimum Gasteiger partial charge on any atom is -0.377 e. The summed E-state index contributed by atoms with van der Waals surface area (Å²) in [6.45, 7) is 3.81. The standard InChI is InChI=1S/C12H16N2O/c1-12(2,13-9-15)10-7-5-6-8-11(10)14(3)4/h5-8H,1-4H3. The van der Waals surface area contributed by atoms with E-state index in [9.17, 15) is 4.79 Å². The zero-order valence-electron chi connectivity index (χ0n) is 9.61. The molecule has 0 saturated heterocycles. The van der Waals surface area contributed by atoms with Gasteiger partial charge in [0, 0.05) is 25.3 Å². The van der Waals surface area contributed by atoms with Gasteiger partial charge in [0.1, 0.15) is 0 Å². The monoisotopic (exact) mass is 204 g/mol. The lowest BCUT2D eigenvalue weighted by molar-refractivity contribution is 0.523. The first-order chi connectivity index (χ1) is 6.99. The van der Waals surface area contributed by atoms with Gasteiger partial charge < -0.3 is 4.90 Å². The van der Waals surface area contributed by atoms with Crippen LogP contribution in [0.2, 0.25) is 0 Å². The van der Waals surface area contributed by atoms with Gasteiger partial charge in [-0.05, 0) is 19.9 Å². The van der Waals surface area contributed by atoms with E-state index in [1.807, 2.05) is 57.1 Å². The van der Waals surface area contributed by atoms with Crippen molar-refractivity contribution < 1.29 is 4.79 Å². The second-order valence-corrected chi connectivity index (χ2v) is 4.17. The van der Waals surface area contributed by atoms with E-state index in [2.05, 4.69) is 4.99 Å². The van der Waals surface area contributed by atoms with Crippen molar-refractivity contribution in [1.82, 2.24) is 0 Å². The highest BCUT2D eigenvalue weighted by Crippen LogP contribution is 2.31. The fourth-order valence-corrected chi connectivity index (χ4v) is 1.56. The van der Waals surface area contributed by atoms with E-state index in [1.165, 1.54) is 0 Å². The van der Waals surface area contributed by atoms with Gasteiger partial charge >= 0.3 is 0 Å². The molecule has 0 amide bonds. The Morgan fingerprint density at radius 1 is 1.27 bits per heavy atom. The van der Waals surface area contributed by atoms with Crippen LogP contribution in [0.15, 0.2) is 29.3 Å². The van der Waals surface area contributed by atoms with E-state index in [0.29, 0.717) is 0 Å². The molecule has 0 saturated carbocycles. The number of anilines is 1. The molecule has 1 rings (SSSR count). The summed E-state index contributed by atoms with van der Waals surface area (Å²) in [7, 11) is 3.94. The van der Waals surface area contributed by atoms with Crippen molar-refractivity contribution in [2.24, 2.45) is 4.99 Å². The van der Waals surface area contributed by atoms with Gasteiger partial charge in [0.15, 0.2) is 0 Å². The Hall–Kier alpha value is -1.60. The average molecular weight is 204 g/mol. The molecule has 0 aromatic heterocycles. The first-order valence-corrected chi connectivity index (χ1v) is 4.85. The zero-order chi connectivity index (χ0) is 11.5. The summed E-state index contributed by atoms with van der Waals surface area (Å²) in [5.41, 5.74) is 1.57. The number of isocyanates is 1. The van der Waals surface area contributed by atoms with Crippen molar-refractivity contribution in [2.45, 2.75) is 19.4 Å². The van der Waals surface area contributed by atoms with Crippen LogP contribution in [-0.4, -0.2) is 20.2 Å². The number of aliphatic imine (C=N–C) groups is 1. The largest absolute Gasteiger partial charge is 0.377 e. The number of hydrogen-bond acceptors (Lipinski definition) is 3. The van der Waals surface area contributed by atoms with Gasteiger partial charge in [0.25, 0.3) is 0 Å². The highest BCUT2D eigenvalue weighted by molar-refractivity contribution is 5.56. The summed E-state index contributed by atoms with van der Waals surface area (Å²) in [5, 5.41) is 0. The third-order valence-electron chi connectivity index (χ3n) is 2.37. The first kappa shape index (κ1) is 11.5. The Morgan fingerprint density at radius 2 is 1.87 bits per heavy atom. The molecule has 0 fully saturated rings. The topological polar surface area (TPSA) is 32.7 Å². The second-order valence-electron chi connectivity index (χ2n) is 4.17. The molecule has 1 aromatic rings. The smallest absolute Gasteiger partial charge is 0.235 e. The van der Waals surface area contributed by atoms with Crippen molar-refractivity contribution in [1.29, 1.82) is 0 Å². The maximum atomic E-state index is 10.4. The van der Waals surface area contributed by atoms with Gasteiger partial charge in [0.05, 0.1) is 5.54 Å². The van der Waals surface area contributed by atoms with E-state index in [0.717, 1.165) is 11.3 Å². The van der Waals surface area contributed by atoms with Gasteiger partial charge in [-0.25, -0.2) is 4.79 Å². The van der Waals surface area contributed by atoms with Crippen molar-refractivity contribution in [2.75, 3.05) is 19.0 Å². The van der Waals surface area contributed by atoms with Crippen LogP contribution < -0.4 is 4.90 Å². The third kappa shape index (κ3) is 2.45. The molecule has 80 valence electrons. The first-order valence-electron chi connectivity index (χ1n) is 4.85. The molecule has 0 bridgehead atoms. The summed E-state index contributed by atoms with van der Waals surface area (Å²) >= 11 is 0. The number of carbonyl (C=O) groups excluding carboxylic acids is 1. The molecule has 0 aliphatic rings. The van der Waals surface area contributed by atoms with Gasteiger partial charge in [-0.2, -0.15) is 4.99 Å². The van der Waals surface area contributed by atoms with E-state index in [1.54, 1.807) is 6.08 Å². The van der Waals surface area contributed by atoms with Crippen molar-refractivity contribution >= 4 is 11.8 Å². The zero-order valence-corrected chi connectivity index (χ0v) is 9.61. The number of rotatable bonds is 3. The summed E-state index contributed by atoms with van der Waals surface area (Å²) in [6.07, 6.45) is 1.63. The van der Waals surface area contributed by atoms with E-state index in [-0.39, 0.29) is 0 Å². The Labute approximate surface area is 90.4 Å². The van der Waals surface area contributed by atoms with Crippen molar-refractivity contribution in [3.63, 3.8) is 0 Å². The van der Waals surface area contributed by atoms with Gasteiger partial charge in [0.2, 0.25) is 6.08 Å². The van der Waals surface area contributed by atoms with Crippen LogP contribution in [-0.2, 0) is 10.3 Å². The minimum atomic E-state index is -0.525. The maximum absolute atomic E-state index is 10.4. The fourth-order valence-electron chi connectivity index (χ4n) is 1.56. The predicted molar refractivity (Wildman–Crippen MR) is 61.9 cm³/mol. The van der Waals surface area contributed by atoms with Crippen LogP contribution in [0.1, 0.15) is 19.4 Å². The summed E-state index contributed by atoms with van der Waals surface area (Å²) in [6, 6.07) is 7.91. The minimum absolute atomic E-state index is 0.525. The lowest BCUT2D eigenvalue weighted by Gasteiger charge is -2.25. The molecule has 0 radical (unpaired) electrons. The molecular weight excluding hydrogens is 188 g/mol. The number of nitrogens with zero attached hydrogens (tertiary/aromatic N) is 2. The maximum Gasteiger partial charge on any atom is 0.235 e. The Balaban J connectivity index is 3.30. The molecule has 0 heterocycles. The average Bonchev–Trinajstić information content (AvgIpc) is 2.17. The highest BCUT2D eigenvalue weighted by Gasteiger charge is 2.23. The van der Waals surface area contributed by atoms with Crippen LogP contribution in [0.25, 0.3) is 0 Å². The lowest BCUT2D eigenvalue weighted by Crippen LogP contribution is -2.20. The molecule has 0 aliphatic carbocycles. The summed E-state index contributed by atoms with van der Waals surface area (Å²) < 4.78 is 0. The number of para-hydroxylation sites is 1. The molecule has 0 unspecified atom stereocenters. The molecule has 0 N–H and O–H groups in total. The molecular formula is C12H16N2O. The molecule has 3 nitrogen and oxygen atoms in total. The normalized spacial score (nSPS) is 10.7. The van der Waals surface area contributed by atoms with Crippen molar-refractivity contribution in [3.8, 4) is 0 Å². The fraction of sp³-hybridized carbons (Fsp3) is 0.417. The van der Waals surface area contributed by atoms with Crippen LogP contribution in [0.4, 0.5) is 5.69 Å². The van der Waals surface area contributed by atoms with Crippen LogP contribution in [0.3, 0.4) is 0 Å².